The number of nitrogens with one attached hydrogen (secondary N) is 3. The van der Waals surface area contributed by atoms with Gasteiger partial charge in [0.05, 0.1) is 24.7 Å². The van der Waals surface area contributed by atoms with Gasteiger partial charge in [-0.1, -0.05) is 30.3 Å². The first-order chi connectivity index (χ1) is 11.7. The summed E-state index contributed by atoms with van der Waals surface area (Å²) in [5.74, 6) is 0.269. The number of hydrogen-bond donors (Lipinski definition) is 3. The monoisotopic (exact) mass is 385 g/mol. The Morgan fingerprint density at radius 2 is 1.64 bits per heavy atom. The molecular weight excluding hydrogens is 366 g/mol. The first-order valence-electron chi connectivity index (χ1n) is 7.16. The summed E-state index contributed by atoms with van der Waals surface area (Å²) in [5, 5.41) is 0. The summed E-state index contributed by atoms with van der Waals surface area (Å²) in [6.07, 6.45) is 0.991. The van der Waals surface area contributed by atoms with Gasteiger partial charge in [0.2, 0.25) is 10.0 Å². The third-order valence-corrected chi connectivity index (χ3v) is 4.68. The fraction of sp³-hybridized carbons (Fsp3) is 0.200. The zero-order chi connectivity index (χ0) is 18.5. The smallest absolute Gasteiger partial charge is 0.299 e. The summed E-state index contributed by atoms with van der Waals surface area (Å²) in [6, 6.07) is 13.3. The standard InChI is InChI=1S/C15H19N3O5S2/c1-23-15-9-8-13(10-14(15)18-24(2,19)20)17-25(21,22)16-11-12-6-4-3-5-7-12/h3-10,16-18H,11H2,1-2H3. The van der Waals surface area contributed by atoms with E-state index in [4.69, 9.17) is 4.74 Å². The van der Waals surface area contributed by atoms with Gasteiger partial charge in [0.15, 0.2) is 0 Å². The molecule has 2 aromatic rings. The molecule has 25 heavy (non-hydrogen) atoms. The number of rotatable bonds is 8. The molecule has 2 aromatic carbocycles. The van der Waals surface area contributed by atoms with Crippen molar-refractivity contribution in [3.8, 4) is 5.75 Å². The van der Waals surface area contributed by atoms with Crippen LogP contribution in [0.2, 0.25) is 0 Å². The Balaban J connectivity index is 2.14. The molecule has 0 saturated heterocycles. The van der Waals surface area contributed by atoms with E-state index in [1.165, 1.54) is 25.3 Å². The number of sulfonamides is 1. The van der Waals surface area contributed by atoms with Crippen LogP contribution in [0.3, 0.4) is 0 Å². The van der Waals surface area contributed by atoms with Crippen LogP contribution in [-0.4, -0.2) is 30.2 Å². The molecule has 0 aliphatic rings. The van der Waals surface area contributed by atoms with E-state index >= 15 is 0 Å². The molecule has 0 aliphatic carbocycles. The Labute approximate surface area is 147 Å². The van der Waals surface area contributed by atoms with Gasteiger partial charge in [-0.15, -0.1) is 0 Å². The van der Waals surface area contributed by atoms with E-state index in [1.54, 1.807) is 12.1 Å². The predicted molar refractivity (Wildman–Crippen MR) is 97.3 cm³/mol. The first-order valence-corrected chi connectivity index (χ1v) is 10.5. The third kappa shape index (κ3) is 6.25. The fourth-order valence-corrected chi connectivity index (χ4v) is 3.44. The molecule has 0 bridgehead atoms. The average molecular weight is 385 g/mol. The van der Waals surface area contributed by atoms with E-state index in [2.05, 4.69) is 14.2 Å². The van der Waals surface area contributed by atoms with Crippen molar-refractivity contribution in [2.24, 2.45) is 0 Å². The molecular formula is C15H19N3O5S2. The van der Waals surface area contributed by atoms with Gasteiger partial charge >= 0.3 is 0 Å². The van der Waals surface area contributed by atoms with Gasteiger partial charge < -0.3 is 4.74 Å². The van der Waals surface area contributed by atoms with E-state index in [9.17, 15) is 16.8 Å². The molecule has 0 radical (unpaired) electrons. The topological polar surface area (TPSA) is 114 Å². The fourth-order valence-electron chi connectivity index (χ4n) is 2.02. The average Bonchev–Trinajstić information content (AvgIpc) is 2.52. The van der Waals surface area contributed by atoms with Crippen molar-refractivity contribution >= 4 is 31.6 Å². The second-order valence-corrected chi connectivity index (χ2v) is 8.45. The molecule has 0 saturated carbocycles. The Hall–Kier alpha value is -2.30. The summed E-state index contributed by atoms with van der Waals surface area (Å²) in [4.78, 5) is 0. The maximum absolute atomic E-state index is 12.1. The van der Waals surface area contributed by atoms with E-state index in [1.807, 2.05) is 18.2 Å². The highest BCUT2D eigenvalue weighted by Crippen LogP contribution is 2.28. The molecule has 0 unspecified atom stereocenters. The third-order valence-electron chi connectivity index (χ3n) is 3.06. The van der Waals surface area contributed by atoms with Crippen LogP contribution in [-0.2, 0) is 26.8 Å². The van der Waals surface area contributed by atoms with E-state index in [-0.39, 0.29) is 23.7 Å². The van der Waals surface area contributed by atoms with Crippen molar-refractivity contribution in [1.29, 1.82) is 0 Å². The normalized spacial score (nSPS) is 11.8. The Kier molecular flexibility index (Phi) is 5.88. The molecule has 0 amide bonds. The van der Waals surface area contributed by atoms with Gasteiger partial charge in [-0.2, -0.15) is 13.1 Å². The molecule has 136 valence electrons. The van der Waals surface area contributed by atoms with E-state index in [0.29, 0.717) is 0 Å². The molecule has 8 nitrogen and oxygen atoms in total. The highest BCUT2D eigenvalue weighted by molar-refractivity contribution is 7.92. The first kappa shape index (κ1) is 19.0. The maximum Gasteiger partial charge on any atom is 0.299 e. The number of anilines is 2. The lowest BCUT2D eigenvalue weighted by molar-refractivity contribution is 0.417. The van der Waals surface area contributed by atoms with Gasteiger partial charge in [0.1, 0.15) is 5.75 Å². The number of hydrogen-bond acceptors (Lipinski definition) is 5. The number of methoxy groups -OCH3 is 1. The second kappa shape index (κ2) is 7.72. The molecule has 0 aromatic heterocycles. The molecule has 0 atom stereocenters. The van der Waals surface area contributed by atoms with Crippen LogP contribution >= 0.6 is 0 Å². The van der Waals surface area contributed by atoms with E-state index in [0.717, 1.165) is 11.8 Å². The van der Waals surface area contributed by atoms with Crippen LogP contribution in [0.1, 0.15) is 5.56 Å². The quantitative estimate of drug-likeness (QED) is 0.637. The van der Waals surface area contributed by atoms with Crippen LogP contribution in [0.25, 0.3) is 0 Å². The van der Waals surface area contributed by atoms with Crippen molar-refractivity contribution in [2.75, 3.05) is 22.8 Å². The summed E-state index contributed by atoms with van der Waals surface area (Å²) >= 11 is 0. The summed E-state index contributed by atoms with van der Waals surface area (Å²) < 4.78 is 59.2. The van der Waals surface area contributed by atoms with Gasteiger partial charge in [-0.05, 0) is 23.8 Å². The van der Waals surface area contributed by atoms with Crippen molar-refractivity contribution in [3.05, 3.63) is 54.1 Å². The van der Waals surface area contributed by atoms with Crippen LogP contribution in [0.4, 0.5) is 11.4 Å². The van der Waals surface area contributed by atoms with Crippen molar-refractivity contribution in [1.82, 2.24) is 4.72 Å². The largest absolute Gasteiger partial charge is 0.495 e. The van der Waals surface area contributed by atoms with Crippen molar-refractivity contribution in [2.45, 2.75) is 6.54 Å². The summed E-state index contributed by atoms with van der Waals surface area (Å²) in [5.41, 5.74) is 1.13. The predicted octanol–water partition coefficient (Wildman–Crippen LogP) is 1.51. The van der Waals surface area contributed by atoms with Crippen LogP contribution in [0.5, 0.6) is 5.75 Å². The summed E-state index contributed by atoms with van der Waals surface area (Å²) in [6.45, 7) is 0.126. The number of ether oxygens (including phenoxy) is 1. The molecule has 0 heterocycles. The summed E-state index contributed by atoms with van der Waals surface area (Å²) in [7, 11) is -5.99. The van der Waals surface area contributed by atoms with Crippen LogP contribution in [0.15, 0.2) is 48.5 Å². The van der Waals surface area contributed by atoms with Gasteiger partial charge in [-0.25, -0.2) is 8.42 Å². The molecule has 2 rings (SSSR count). The molecule has 0 spiro atoms. The van der Waals surface area contributed by atoms with Gasteiger partial charge in [-0.3, -0.25) is 9.44 Å². The minimum Gasteiger partial charge on any atom is -0.495 e. The Morgan fingerprint density at radius 1 is 0.960 bits per heavy atom. The lowest BCUT2D eigenvalue weighted by atomic mass is 10.2. The SMILES string of the molecule is COc1ccc(NS(=O)(=O)NCc2ccccc2)cc1NS(C)(=O)=O. The number of benzene rings is 2. The molecule has 3 N–H and O–H groups in total. The lowest BCUT2D eigenvalue weighted by Gasteiger charge is -2.13. The Bertz CT molecular complexity index is 929. The molecule has 0 fully saturated rings. The van der Waals surface area contributed by atoms with Gasteiger partial charge in [0, 0.05) is 6.54 Å². The van der Waals surface area contributed by atoms with Crippen LogP contribution in [0, 0.1) is 0 Å². The van der Waals surface area contributed by atoms with Crippen LogP contribution < -0.4 is 18.9 Å². The highest BCUT2D eigenvalue weighted by atomic mass is 32.2. The maximum atomic E-state index is 12.1. The van der Waals surface area contributed by atoms with Crippen molar-refractivity contribution < 1.29 is 21.6 Å². The van der Waals surface area contributed by atoms with E-state index < -0.39 is 20.2 Å². The zero-order valence-corrected chi connectivity index (χ0v) is 15.3. The second-order valence-electron chi connectivity index (χ2n) is 5.20. The zero-order valence-electron chi connectivity index (χ0n) is 13.7. The van der Waals surface area contributed by atoms with Gasteiger partial charge in [0.25, 0.3) is 10.2 Å². The molecule has 0 aliphatic heterocycles. The minimum absolute atomic E-state index is 0.126. The van der Waals surface area contributed by atoms with Crippen molar-refractivity contribution in [3.63, 3.8) is 0 Å². The molecule has 10 heteroatoms. The Morgan fingerprint density at radius 3 is 2.24 bits per heavy atom. The highest BCUT2D eigenvalue weighted by Gasteiger charge is 2.13. The minimum atomic E-state index is -3.83. The lowest BCUT2D eigenvalue weighted by Crippen LogP contribution is -2.29.